The Morgan fingerprint density at radius 3 is 2.82 bits per heavy atom. The van der Waals surface area contributed by atoms with Gasteiger partial charge in [0.05, 0.1) is 11.0 Å². The molecule has 1 aromatic heterocycles. The van der Waals surface area contributed by atoms with Crippen molar-refractivity contribution < 1.29 is 4.79 Å². The van der Waals surface area contributed by atoms with Crippen molar-refractivity contribution in [3.05, 3.63) is 16.1 Å². The van der Waals surface area contributed by atoms with Gasteiger partial charge in [-0.05, 0) is 45.0 Å². The summed E-state index contributed by atoms with van der Waals surface area (Å²) >= 11 is 3.56. The number of carbonyl (C=O) groups excluding carboxylic acids is 1. The highest BCUT2D eigenvalue weighted by Crippen LogP contribution is 2.21. The van der Waals surface area contributed by atoms with Crippen LogP contribution in [0.1, 0.15) is 41.2 Å². The lowest BCUT2D eigenvalue weighted by Crippen LogP contribution is -2.49. The van der Waals surface area contributed by atoms with Crippen molar-refractivity contribution in [3.63, 3.8) is 0 Å². The lowest BCUT2D eigenvalue weighted by atomic mass is 10.1. The van der Waals surface area contributed by atoms with Gasteiger partial charge in [-0.3, -0.25) is 4.79 Å². The molecule has 0 radical (unpaired) electrons. The molecular formula is C16H25N3OS2. The Kier molecular flexibility index (Phi) is 5.77. The number of carbonyl (C=O) groups is 1. The molecule has 2 fully saturated rings. The van der Waals surface area contributed by atoms with E-state index in [9.17, 15) is 4.79 Å². The van der Waals surface area contributed by atoms with Gasteiger partial charge < -0.3 is 9.80 Å². The highest BCUT2D eigenvalue weighted by atomic mass is 32.2. The summed E-state index contributed by atoms with van der Waals surface area (Å²) in [6, 6.07) is 0.333. The van der Waals surface area contributed by atoms with Crippen molar-refractivity contribution in [2.45, 2.75) is 38.6 Å². The summed E-state index contributed by atoms with van der Waals surface area (Å²) in [5.74, 6) is 2.36. The summed E-state index contributed by atoms with van der Waals surface area (Å²) in [4.78, 5) is 21.9. The molecular weight excluding hydrogens is 314 g/mol. The number of aromatic nitrogens is 1. The largest absolute Gasteiger partial charge is 0.332 e. The van der Waals surface area contributed by atoms with E-state index in [-0.39, 0.29) is 5.91 Å². The second kappa shape index (κ2) is 7.79. The zero-order valence-corrected chi connectivity index (χ0v) is 14.9. The number of amides is 1. The topological polar surface area (TPSA) is 36.4 Å². The molecule has 0 aromatic carbocycles. The van der Waals surface area contributed by atoms with Crippen LogP contribution in [0, 0.1) is 6.92 Å². The van der Waals surface area contributed by atoms with E-state index in [1.54, 1.807) is 11.3 Å². The monoisotopic (exact) mass is 339 g/mol. The van der Waals surface area contributed by atoms with Gasteiger partial charge in [-0.2, -0.15) is 11.8 Å². The maximum atomic E-state index is 12.9. The molecule has 6 heteroatoms. The summed E-state index contributed by atoms with van der Waals surface area (Å²) in [5.41, 5.74) is 0.637. The van der Waals surface area contributed by atoms with E-state index in [0.717, 1.165) is 36.0 Å². The quantitative estimate of drug-likeness (QED) is 0.848. The van der Waals surface area contributed by atoms with E-state index < -0.39 is 0 Å². The van der Waals surface area contributed by atoms with E-state index >= 15 is 0 Å². The number of nitrogens with zero attached hydrogens (tertiary/aromatic N) is 3. The van der Waals surface area contributed by atoms with Gasteiger partial charge in [0.25, 0.3) is 5.91 Å². The number of aryl methyl sites for hydroxylation is 1. The third kappa shape index (κ3) is 4.03. The third-order valence-electron chi connectivity index (χ3n) is 4.46. The van der Waals surface area contributed by atoms with Gasteiger partial charge in [-0.15, -0.1) is 11.3 Å². The van der Waals surface area contributed by atoms with Crippen LogP contribution in [0.5, 0.6) is 0 Å². The molecule has 22 heavy (non-hydrogen) atoms. The standard InChI is InChI=1S/C16H25N3OS2/c1-13-17-15(12-22-13)16(20)19-8-5-9-21-11-14(19)10-18-6-3-2-4-7-18/h12,14H,2-11H2,1H3. The molecule has 1 atom stereocenters. The fourth-order valence-corrected chi connectivity index (χ4v) is 4.94. The number of likely N-dealkylation sites (tertiary alicyclic amines) is 1. The minimum absolute atomic E-state index is 0.133. The lowest BCUT2D eigenvalue weighted by molar-refractivity contribution is 0.0640. The fourth-order valence-electron chi connectivity index (χ4n) is 3.30. The van der Waals surface area contributed by atoms with E-state index in [1.165, 1.54) is 32.4 Å². The minimum Gasteiger partial charge on any atom is -0.332 e. The summed E-state index contributed by atoms with van der Waals surface area (Å²) in [6.45, 7) is 6.26. The number of piperidine rings is 1. The maximum absolute atomic E-state index is 12.9. The van der Waals surface area contributed by atoms with Gasteiger partial charge in [0.1, 0.15) is 5.69 Å². The highest BCUT2D eigenvalue weighted by Gasteiger charge is 2.29. The van der Waals surface area contributed by atoms with Crippen LogP contribution in [0.25, 0.3) is 0 Å². The maximum Gasteiger partial charge on any atom is 0.273 e. The van der Waals surface area contributed by atoms with Crippen molar-refractivity contribution in [1.29, 1.82) is 0 Å². The molecule has 3 heterocycles. The van der Waals surface area contributed by atoms with Gasteiger partial charge in [0, 0.05) is 24.2 Å². The predicted octanol–water partition coefficient (Wildman–Crippen LogP) is 2.89. The summed E-state index contributed by atoms with van der Waals surface area (Å²) in [5, 5.41) is 2.88. The Hall–Kier alpha value is -0.590. The van der Waals surface area contributed by atoms with Crippen molar-refractivity contribution >= 4 is 29.0 Å². The average molecular weight is 340 g/mol. The van der Waals surface area contributed by atoms with Crippen LogP contribution in [0.2, 0.25) is 0 Å². The smallest absolute Gasteiger partial charge is 0.273 e. The van der Waals surface area contributed by atoms with Crippen LogP contribution in [0.3, 0.4) is 0 Å². The predicted molar refractivity (Wildman–Crippen MR) is 93.9 cm³/mol. The first-order valence-corrected chi connectivity index (χ1v) is 10.3. The van der Waals surface area contributed by atoms with E-state index in [0.29, 0.717) is 11.7 Å². The number of hydrogen-bond donors (Lipinski definition) is 0. The van der Waals surface area contributed by atoms with Crippen molar-refractivity contribution in [3.8, 4) is 0 Å². The lowest BCUT2D eigenvalue weighted by Gasteiger charge is -2.35. The van der Waals surface area contributed by atoms with Gasteiger partial charge >= 0.3 is 0 Å². The van der Waals surface area contributed by atoms with Crippen LogP contribution in [-0.2, 0) is 0 Å². The number of hydrogen-bond acceptors (Lipinski definition) is 5. The molecule has 0 aliphatic carbocycles. The Labute approximate surface area is 141 Å². The second-order valence-corrected chi connectivity index (χ2v) is 8.41. The molecule has 2 aliphatic heterocycles. The van der Waals surface area contributed by atoms with Crippen molar-refractivity contribution in [2.75, 3.05) is 37.7 Å². The molecule has 3 rings (SSSR count). The van der Waals surface area contributed by atoms with Crippen LogP contribution in [-0.4, -0.2) is 64.4 Å². The first kappa shape index (κ1) is 16.3. The molecule has 1 amide bonds. The zero-order valence-electron chi connectivity index (χ0n) is 13.3. The molecule has 122 valence electrons. The molecule has 0 saturated carbocycles. The molecule has 0 bridgehead atoms. The van der Waals surface area contributed by atoms with Crippen molar-refractivity contribution in [2.24, 2.45) is 0 Å². The first-order chi connectivity index (χ1) is 10.7. The van der Waals surface area contributed by atoms with Crippen LogP contribution in [0.15, 0.2) is 5.38 Å². The summed E-state index contributed by atoms with van der Waals surface area (Å²) in [6.07, 6.45) is 5.06. The van der Waals surface area contributed by atoms with Gasteiger partial charge in [0.15, 0.2) is 0 Å². The minimum atomic E-state index is 0.133. The van der Waals surface area contributed by atoms with Gasteiger partial charge in [-0.1, -0.05) is 6.42 Å². The first-order valence-electron chi connectivity index (χ1n) is 8.27. The normalized spacial score (nSPS) is 24.2. The molecule has 4 nitrogen and oxygen atoms in total. The SMILES string of the molecule is Cc1nc(C(=O)N2CCCSCC2CN2CCCCC2)cs1. The Balaban J connectivity index is 1.70. The molecule has 1 aromatic rings. The Morgan fingerprint density at radius 2 is 2.09 bits per heavy atom. The van der Waals surface area contributed by atoms with E-state index in [1.807, 2.05) is 24.1 Å². The Bertz CT molecular complexity index is 499. The number of rotatable bonds is 3. The summed E-state index contributed by atoms with van der Waals surface area (Å²) < 4.78 is 0. The number of thioether (sulfide) groups is 1. The molecule has 1 unspecified atom stereocenters. The third-order valence-corrected chi connectivity index (χ3v) is 6.43. The fraction of sp³-hybridized carbons (Fsp3) is 0.750. The average Bonchev–Trinajstić information content (AvgIpc) is 2.84. The zero-order chi connectivity index (χ0) is 15.4. The van der Waals surface area contributed by atoms with Crippen molar-refractivity contribution in [1.82, 2.24) is 14.8 Å². The van der Waals surface area contributed by atoms with E-state index in [4.69, 9.17) is 0 Å². The van der Waals surface area contributed by atoms with Crippen LogP contribution in [0.4, 0.5) is 0 Å². The summed E-state index contributed by atoms with van der Waals surface area (Å²) in [7, 11) is 0. The highest BCUT2D eigenvalue weighted by molar-refractivity contribution is 7.99. The van der Waals surface area contributed by atoms with Crippen LogP contribution >= 0.6 is 23.1 Å². The molecule has 0 N–H and O–H groups in total. The second-order valence-electron chi connectivity index (χ2n) is 6.19. The van der Waals surface area contributed by atoms with Crippen LogP contribution < -0.4 is 0 Å². The number of thiazole rings is 1. The van der Waals surface area contributed by atoms with E-state index in [2.05, 4.69) is 14.8 Å². The van der Waals surface area contributed by atoms with Gasteiger partial charge in [-0.25, -0.2) is 4.98 Å². The molecule has 0 spiro atoms. The molecule has 2 aliphatic rings. The Morgan fingerprint density at radius 1 is 1.27 bits per heavy atom. The molecule has 2 saturated heterocycles. The van der Waals surface area contributed by atoms with Gasteiger partial charge in [0.2, 0.25) is 0 Å².